The molecule has 0 aliphatic rings. The summed E-state index contributed by atoms with van der Waals surface area (Å²) in [6, 6.07) is 3.99. The zero-order valence-corrected chi connectivity index (χ0v) is 12.7. The first-order valence-corrected chi connectivity index (χ1v) is 6.72. The molecular weight excluding hydrogens is 254 g/mol. The number of imidazole rings is 1. The van der Waals surface area contributed by atoms with Crippen LogP contribution in [0.3, 0.4) is 0 Å². The number of carbonyl (C=O) groups is 1. The van der Waals surface area contributed by atoms with Crippen molar-refractivity contribution in [3.05, 3.63) is 23.3 Å². The second-order valence-corrected chi connectivity index (χ2v) is 5.51. The molecule has 108 valence electrons. The maximum atomic E-state index is 12.2. The van der Waals surface area contributed by atoms with Gasteiger partial charge < -0.3 is 10.5 Å². The lowest BCUT2D eigenvalue weighted by molar-refractivity contribution is -0.151. The van der Waals surface area contributed by atoms with Gasteiger partial charge in [-0.1, -0.05) is 0 Å². The molecule has 2 N–H and O–H groups in total. The van der Waals surface area contributed by atoms with E-state index in [0.29, 0.717) is 12.6 Å². The lowest BCUT2D eigenvalue weighted by Gasteiger charge is -2.26. The molecular formula is C15H21N3O2. The third-order valence-corrected chi connectivity index (χ3v) is 3.63. The van der Waals surface area contributed by atoms with Crippen molar-refractivity contribution in [2.45, 2.75) is 40.2 Å². The van der Waals surface area contributed by atoms with Crippen molar-refractivity contribution in [3.63, 3.8) is 0 Å². The SMILES string of the molecule is CCOC(=O)C(C)(C)n1c(N)nc2cc(C)c(C)cc21. The lowest BCUT2D eigenvalue weighted by atomic mass is 10.0. The highest BCUT2D eigenvalue weighted by molar-refractivity contribution is 5.86. The van der Waals surface area contributed by atoms with Crippen molar-refractivity contribution in [3.8, 4) is 0 Å². The molecule has 0 radical (unpaired) electrons. The lowest BCUT2D eigenvalue weighted by Crippen LogP contribution is -2.38. The first-order chi connectivity index (χ1) is 9.28. The van der Waals surface area contributed by atoms with Crippen molar-refractivity contribution in [1.82, 2.24) is 9.55 Å². The van der Waals surface area contributed by atoms with Crippen LogP contribution in [0.25, 0.3) is 11.0 Å². The van der Waals surface area contributed by atoms with Crippen molar-refractivity contribution in [2.75, 3.05) is 12.3 Å². The summed E-state index contributed by atoms with van der Waals surface area (Å²) in [6.07, 6.45) is 0. The van der Waals surface area contributed by atoms with Crippen LogP contribution < -0.4 is 5.73 Å². The Morgan fingerprint density at radius 1 is 1.35 bits per heavy atom. The fraction of sp³-hybridized carbons (Fsp3) is 0.467. The zero-order valence-electron chi connectivity index (χ0n) is 12.7. The smallest absolute Gasteiger partial charge is 0.331 e. The Hall–Kier alpha value is -2.04. The molecule has 1 aromatic carbocycles. The molecule has 2 rings (SSSR count). The summed E-state index contributed by atoms with van der Waals surface area (Å²) in [7, 11) is 0. The molecule has 0 aliphatic heterocycles. The molecule has 1 aromatic heterocycles. The van der Waals surface area contributed by atoms with E-state index >= 15 is 0 Å². The number of nitrogens with zero attached hydrogens (tertiary/aromatic N) is 2. The van der Waals surface area contributed by atoms with Gasteiger partial charge in [0.1, 0.15) is 5.54 Å². The first-order valence-electron chi connectivity index (χ1n) is 6.72. The molecule has 0 amide bonds. The number of ether oxygens (including phenoxy) is 1. The van der Waals surface area contributed by atoms with Crippen molar-refractivity contribution >= 4 is 23.0 Å². The van der Waals surface area contributed by atoms with Crippen LogP contribution >= 0.6 is 0 Å². The number of hydrogen-bond acceptors (Lipinski definition) is 4. The Bertz CT molecular complexity index is 671. The van der Waals surface area contributed by atoms with E-state index in [0.717, 1.165) is 22.2 Å². The molecule has 1 heterocycles. The van der Waals surface area contributed by atoms with E-state index < -0.39 is 5.54 Å². The molecule has 0 unspecified atom stereocenters. The summed E-state index contributed by atoms with van der Waals surface area (Å²) in [4.78, 5) is 16.5. The van der Waals surface area contributed by atoms with Crippen LogP contribution in [0.4, 0.5) is 5.95 Å². The van der Waals surface area contributed by atoms with Crippen LogP contribution in [0.5, 0.6) is 0 Å². The maximum absolute atomic E-state index is 12.2. The molecule has 0 fully saturated rings. The van der Waals surface area contributed by atoms with Crippen LogP contribution in [-0.2, 0) is 15.1 Å². The molecule has 0 saturated heterocycles. The fourth-order valence-electron chi connectivity index (χ4n) is 2.34. The predicted octanol–water partition coefficient (Wildman–Crippen LogP) is 2.53. The number of aromatic nitrogens is 2. The van der Waals surface area contributed by atoms with E-state index in [1.54, 1.807) is 25.3 Å². The molecule has 0 aliphatic carbocycles. The highest BCUT2D eigenvalue weighted by atomic mass is 16.5. The minimum atomic E-state index is -0.892. The van der Waals surface area contributed by atoms with Crippen molar-refractivity contribution < 1.29 is 9.53 Å². The topological polar surface area (TPSA) is 70.1 Å². The Balaban J connectivity index is 2.67. The number of esters is 1. The third kappa shape index (κ3) is 2.13. The Kier molecular flexibility index (Phi) is 3.46. The number of hydrogen-bond donors (Lipinski definition) is 1. The van der Waals surface area contributed by atoms with Gasteiger partial charge in [-0.05, 0) is 57.9 Å². The zero-order chi connectivity index (χ0) is 15.1. The maximum Gasteiger partial charge on any atom is 0.331 e. The molecule has 5 nitrogen and oxygen atoms in total. The summed E-state index contributed by atoms with van der Waals surface area (Å²) in [6.45, 7) is 9.76. The number of fused-ring (bicyclic) bond motifs is 1. The van der Waals surface area contributed by atoms with E-state index in [4.69, 9.17) is 10.5 Å². The van der Waals surface area contributed by atoms with Crippen molar-refractivity contribution in [1.29, 1.82) is 0 Å². The standard InChI is InChI=1S/C15H21N3O2/c1-6-20-13(19)15(4,5)18-12-8-10(3)9(2)7-11(12)17-14(18)16/h7-8H,6H2,1-5H3,(H2,16,17). The van der Waals surface area contributed by atoms with E-state index in [2.05, 4.69) is 4.98 Å². The van der Waals surface area contributed by atoms with Gasteiger partial charge in [0.15, 0.2) is 0 Å². The molecule has 2 aromatic rings. The Morgan fingerprint density at radius 2 is 1.95 bits per heavy atom. The van der Waals surface area contributed by atoms with Gasteiger partial charge >= 0.3 is 5.97 Å². The number of rotatable bonds is 3. The number of carbonyl (C=O) groups excluding carboxylic acids is 1. The van der Waals surface area contributed by atoms with Gasteiger partial charge in [0, 0.05) is 0 Å². The minimum Gasteiger partial charge on any atom is -0.464 e. The van der Waals surface area contributed by atoms with E-state index in [1.165, 1.54) is 0 Å². The second-order valence-electron chi connectivity index (χ2n) is 5.51. The van der Waals surface area contributed by atoms with Gasteiger partial charge in [-0.15, -0.1) is 0 Å². The van der Waals surface area contributed by atoms with Crippen LogP contribution in [0.1, 0.15) is 31.9 Å². The number of benzene rings is 1. The van der Waals surface area contributed by atoms with E-state index in [-0.39, 0.29) is 5.97 Å². The summed E-state index contributed by atoms with van der Waals surface area (Å²) in [5.74, 6) is 0.00674. The van der Waals surface area contributed by atoms with Gasteiger partial charge in [-0.2, -0.15) is 0 Å². The molecule has 0 atom stereocenters. The van der Waals surface area contributed by atoms with Gasteiger partial charge in [0.25, 0.3) is 0 Å². The molecule has 0 saturated carbocycles. The Labute approximate surface area is 118 Å². The van der Waals surface area contributed by atoms with Crippen molar-refractivity contribution in [2.24, 2.45) is 0 Å². The summed E-state index contributed by atoms with van der Waals surface area (Å²) in [5, 5.41) is 0. The average Bonchev–Trinajstić information content (AvgIpc) is 2.66. The third-order valence-electron chi connectivity index (χ3n) is 3.63. The fourth-order valence-corrected chi connectivity index (χ4v) is 2.34. The van der Waals surface area contributed by atoms with Gasteiger partial charge in [0.05, 0.1) is 17.6 Å². The number of nitrogens with two attached hydrogens (primary N) is 1. The monoisotopic (exact) mass is 275 g/mol. The quantitative estimate of drug-likeness (QED) is 0.874. The second kappa shape index (κ2) is 4.81. The number of nitrogen functional groups attached to an aromatic ring is 1. The molecule has 0 spiro atoms. The molecule has 0 bridgehead atoms. The van der Waals surface area contributed by atoms with Gasteiger partial charge in [-0.3, -0.25) is 4.57 Å². The first kappa shape index (κ1) is 14.4. The largest absolute Gasteiger partial charge is 0.464 e. The summed E-state index contributed by atoms with van der Waals surface area (Å²) < 4.78 is 6.89. The summed E-state index contributed by atoms with van der Waals surface area (Å²) >= 11 is 0. The van der Waals surface area contributed by atoms with E-state index in [9.17, 15) is 4.79 Å². The van der Waals surface area contributed by atoms with Crippen LogP contribution in [0.2, 0.25) is 0 Å². The number of anilines is 1. The van der Waals surface area contributed by atoms with E-state index in [1.807, 2.05) is 26.0 Å². The average molecular weight is 275 g/mol. The number of aryl methyl sites for hydroxylation is 2. The predicted molar refractivity (Wildman–Crippen MR) is 79.6 cm³/mol. The highest BCUT2D eigenvalue weighted by Crippen LogP contribution is 2.29. The normalized spacial score (nSPS) is 11.8. The Morgan fingerprint density at radius 3 is 2.55 bits per heavy atom. The molecule has 5 heteroatoms. The highest BCUT2D eigenvalue weighted by Gasteiger charge is 2.34. The van der Waals surface area contributed by atoms with Crippen LogP contribution in [0, 0.1) is 13.8 Å². The minimum absolute atomic E-state index is 0.316. The van der Waals surface area contributed by atoms with Gasteiger partial charge in [-0.25, -0.2) is 9.78 Å². The van der Waals surface area contributed by atoms with Crippen LogP contribution in [-0.4, -0.2) is 22.1 Å². The summed E-state index contributed by atoms with van der Waals surface area (Å²) in [5.41, 5.74) is 9.06. The van der Waals surface area contributed by atoms with Gasteiger partial charge in [0.2, 0.25) is 5.95 Å². The van der Waals surface area contributed by atoms with Crippen LogP contribution in [0.15, 0.2) is 12.1 Å². The molecule has 20 heavy (non-hydrogen) atoms.